The number of nitrogens with one attached hydrogen (secondary N) is 1. The molecule has 5 heterocycles. The summed E-state index contributed by atoms with van der Waals surface area (Å²) >= 11 is 1.48. The molecule has 3 saturated heterocycles. The van der Waals surface area contributed by atoms with E-state index in [1.807, 2.05) is 6.07 Å². The van der Waals surface area contributed by atoms with Crippen LogP contribution in [0.4, 0.5) is 10.3 Å². The van der Waals surface area contributed by atoms with Gasteiger partial charge in [0.1, 0.15) is 6.54 Å². The van der Waals surface area contributed by atoms with E-state index in [-0.39, 0.29) is 11.8 Å². The third-order valence-corrected chi connectivity index (χ3v) is 8.50. The molecule has 4 aliphatic rings. The van der Waals surface area contributed by atoms with E-state index in [0.717, 1.165) is 88.3 Å². The fourth-order valence-electron chi connectivity index (χ4n) is 5.43. The highest BCUT2D eigenvalue weighted by atomic mass is 32.1. The van der Waals surface area contributed by atoms with Gasteiger partial charge in [0.15, 0.2) is 11.5 Å². The molecule has 10 nitrogen and oxygen atoms in total. The Labute approximate surface area is 208 Å². The second kappa shape index (κ2) is 9.62. The Morgan fingerprint density at radius 2 is 1.80 bits per heavy atom. The van der Waals surface area contributed by atoms with E-state index in [1.165, 1.54) is 21.8 Å². The quantitative estimate of drug-likeness (QED) is 0.642. The van der Waals surface area contributed by atoms with Crippen molar-refractivity contribution >= 4 is 33.4 Å². The lowest BCUT2D eigenvalue weighted by molar-refractivity contribution is -0.917. The van der Waals surface area contributed by atoms with Crippen molar-refractivity contribution in [1.82, 2.24) is 15.1 Å². The normalized spacial score (nSPS) is 21.3. The first-order chi connectivity index (χ1) is 17.1. The van der Waals surface area contributed by atoms with Gasteiger partial charge < -0.3 is 24.2 Å². The highest BCUT2D eigenvalue weighted by Crippen LogP contribution is 2.33. The van der Waals surface area contributed by atoms with Crippen molar-refractivity contribution in [3.63, 3.8) is 0 Å². The van der Waals surface area contributed by atoms with E-state index in [9.17, 15) is 9.59 Å². The van der Waals surface area contributed by atoms with Gasteiger partial charge in [-0.25, -0.2) is 0 Å². The van der Waals surface area contributed by atoms with Crippen LogP contribution >= 0.6 is 11.3 Å². The summed E-state index contributed by atoms with van der Waals surface area (Å²) in [6.07, 6.45) is 3.15. The molecule has 0 unspecified atom stereocenters. The summed E-state index contributed by atoms with van der Waals surface area (Å²) in [5.41, 5.74) is 1.24. The van der Waals surface area contributed by atoms with Crippen molar-refractivity contribution in [1.29, 1.82) is 0 Å². The van der Waals surface area contributed by atoms with Crippen molar-refractivity contribution < 1.29 is 24.0 Å². The number of anilines is 2. The van der Waals surface area contributed by atoms with E-state index in [1.54, 1.807) is 4.90 Å². The molecule has 1 N–H and O–H groups in total. The number of piperidine rings is 1. The highest BCUT2D eigenvalue weighted by Gasteiger charge is 2.33. The molecule has 0 saturated carbocycles. The zero-order valence-electron chi connectivity index (χ0n) is 19.8. The van der Waals surface area contributed by atoms with Crippen LogP contribution < -0.4 is 24.2 Å². The van der Waals surface area contributed by atoms with Gasteiger partial charge in [-0.2, -0.15) is 0 Å². The smallest absolute Gasteiger partial charge is 0.231 e. The minimum atomic E-state index is 0.0780. The summed E-state index contributed by atoms with van der Waals surface area (Å²) in [7, 11) is 0. The molecular formula is C24H31N6O4S+. The summed E-state index contributed by atoms with van der Waals surface area (Å²) in [5, 5.41) is 10.1. The SMILES string of the molecule is O=C(C1CCN(c2nnc(N3CCCC3=O)s2)CC1)N1CC[NH+](Cc2ccc3c(c2)OCO3)CC1. The molecule has 0 bridgehead atoms. The van der Waals surface area contributed by atoms with Crippen molar-refractivity contribution in [2.24, 2.45) is 5.92 Å². The summed E-state index contributed by atoms with van der Waals surface area (Å²) in [4.78, 5) is 32.7. The van der Waals surface area contributed by atoms with Crippen LogP contribution in [0.5, 0.6) is 11.5 Å². The van der Waals surface area contributed by atoms with E-state index < -0.39 is 0 Å². The van der Waals surface area contributed by atoms with Gasteiger partial charge in [0.25, 0.3) is 0 Å². The lowest BCUT2D eigenvalue weighted by Crippen LogP contribution is -3.13. The lowest BCUT2D eigenvalue weighted by Gasteiger charge is -2.37. The maximum absolute atomic E-state index is 13.2. The second-order valence-corrected chi connectivity index (χ2v) is 10.7. The molecule has 4 aliphatic heterocycles. The number of carbonyl (C=O) groups is 2. The predicted molar refractivity (Wildman–Crippen MR) is 130 cm³/mol. The van der Waals surface area contributed by atoms with Crippen LogP contribution in [0.1, 0.15) is 31.2 Å². The average Bonchev–Trinajstić information content (AvgIpc) is 3.65. The summed E-state index contributed by atoms with van der Waals surface area (Å²) in [6, 6.07) is 6.16. The first-order valence-corrected chi connectivity index (χ1v) is 13.4. The number of amides is 2. The number of hydrogen-bond donors (Lipinski definition) is 1. The molecule has 0 atom stereocenters. The van der Waals surface area contributed by atoms with Crippen molar-refractivity contribution in [2.45, 2.75) is 32.2 Å². The molecule has 186 valence electrons. The van der Waals surface area contributed by atoms with Gasteiger partial charge in [0.05, 0.1) is 26.2 Å². The fraction of sp³-hybridized carbons (Fsp3) is 0.583. The molecule has 1 aromatic heterocycles. The highest BCUT2D eigenvalue weighted by molar-refractivity contribution is 7.19. The molecule has 0 spiro atoms. The van der Waals surface area contributed by atoms with Gasteiger partial charge in [-0.05, 0) is 37.5 Å². The van der Waals surface area contributed by atoms with Gasteiger partial charge in [0.2, 0.25) is 28.9 Å². The van der Waals surface area contributed by atoms with Crippen LogP contribution in [-0.4, -0.2) is 79.5 Å². The van der Waals surface area contributed by atoms with Crippen molar-refractivity contribution in [3.8, 4) is 11.5 Å². The van der Waals surface area contributed by atoms with Crippen LogP contribution in [0.15, 0.2) is 18.2 Å². The van der Waals surface area contributed by atoms with Gasteiger partial charge in [-0.15, -0.1) is 10.2 Å². The number of carbonyl (C=O) groups excluding carboxylic acids is 2. The summed E-state index contributed by atoms with van der Waals surface area (Å²) in [5.74, 6) is 2.16. The number of ether oxygens (including phenoxy) is 2. The Bertz CT molecular complexity index is 1090. The first-order valence-electron chi connectivity index (χ1n) is 12.5. The van der Waals surface area contributed by atoms with Crippen molar-refractivity contribution in [3.05, 3.63) is 23.8 Å². The molecule has 6 rings (SSSR count). The van der Waals surface area contributed by atoms with Gasteiger partial charge in [0, 0.05) is 37.5 Å². The van der Waals surface area contributed by atoms with Crippen LogP contribution in [0.25, 0.3) is 0 Å². The summed E-state index contributed by atoms with van der Waals surface area (Å²) < 4.78 is 10.9. The predicted octanol–water partition coefficient (Wildman–Crippen LogP) is 0.537. The number of aromatic nitrogens is 2. The van der Waals surface area contributed by atoms with Gasteiger partial charge in [-0.1, -0.05) is 11.3 Å². The maximum atomic E-state index is 13.2. The third-order valence-electron chi connectivity index (χ3n) is 7.50. The topological polar surface area (TPSA) is 92.5 Å². The Kier molecular flexibility index (Phi) is 6.19. The van der Waals surface area contributed by atoms with Crippen LogP contribution in [0, 0.1) is 5.92 Å². The Hall–Kier alpha value is -2.92. The molecule has 11 heteroatoms. The van der Waals surface area contributed by atoms with Crippen LogP contribution in [0.3, 0.4) is 0 Å². The molecule has 0 radical (unpaired) electrons. The fourth-order valence-corrected chi connectivity index (χ4v) is 6.37. The number of benzene rings is 1. The number of quaternary nitrogens is 1. The molecule has 0 aliphatic carbocycles. The van der Waals surface area contributed by atoms with Gasteiger partial charge in [-0.3, -0.25) is 14.5 Å². The monoisotopic (exact) mass is 499 g/mol. The van der Waals surface area contributed by atoms with E-state index in [4.69, 9.17) is 9.47 Å². The van der Waals surface area contributed by atoms with E-state index in [0.29, 0.717) is 24.3 Å². The minimum absolute atomic E-state index is 0.0780. The lowest BCUT2D eigenvalue weighted by atomic mass is 9.95. The van der Waals surface area contributed by atoms with E-state index >= 15 is 0 Å². The number of fused-ring (bicyclic) bond motifs is 1. The zero-order chi connectivity index (χ0) is 23.8. The maximum Gasteiger partial charge on any atom is 0.231 e. The third kappa shape index (κ3) is 4.66. The molecule has 35 heavy (non-hydrogen) atoms. The Balaban J connectivity index is 0.971. The molecule has 3 fully saturated rings. The molecular weight excluding hydrogens is 468 g/mol. The Morgan fingerprint density at radius 3 is 2.57 bits per heavy atom. The summed E-state index contributed by atoms with van der Waals surface area (Å²) in [6.45, 7) is 7.10. The second-order valence-electron chi connectivity index (χ2n) is 9.72. The average molecular weight is 500 g/mol. The van der Waals surface area contributed by atoms with Crippen LogP contribution in [0.2, 0.25) is 0 Å². The molecule has 2 amide bonds. The van der Waals surface area contributed by atoms with Crippen molar-refractivity contribution in [2.75, 3.05) is 62.4 Å². The molecule has 1 aromatic carbocycles. The largest absolute Gasteiger partial charge is 0.454 e. The standard InChI is InChI=1S/C24H30N6O4S/c31-21-2-1-7-30(21)24-26-25-23(35-24)29-8-5-18(6-9-29)22(32)28-12-10-27(11-13-28)15-17-3-4-19-20(14-17)34-16-33-19/h3-4,14,18H,1-2,5-13,15-16H2/p+1. The number of rotatable bonds is 5. The van der Waals surface area contributed by atoms with Crippen LogP contribution in [-0.2, 0) is 16.1 Å². The van der Waals surface area contributed by atoms with E-state index in [2.05, 4.69) is 32.1 Å². The zero-order valence-corrected chi connectivity index (χ0v) is 20.6. The number of nitrogens with zero attached hydrogens (tertiary/aromatic N) is 5. The number of hydrogen-bond acceptors (Lipinski definition) is 8. The minimum Gasteiger partial charge on any atom is -0.454 e. The first kappa shape index (κ1) is 22.5. The Morgan fingerprint density at radius 1 is 1.03 bits per heavy atom. The molecule has 2 aromatic rings. The van der Waals surface area contributed by atoms with Gasteiger partial charge >= 0.3 is 0 Å². The number of piperazine rings is 1.